The van der Waals surface area contributed by atoms with Crippen molar-refractivity contribution in [3.63, 3.8) is 0 Å². The van der Waals surface area contributed by atoms with Crippen LogP contribution in [-0.2, 0) is 0 Å². The first-order valence-corrected chi connectivity index (χ1v) is 5.97. The minimum Gasteiger partial charge on any atom is -0.238 e. The summed E-state index contributed by atoms with van der Waals surface area (Å²) in [5, 5.41) is 9.89. The maximum Gasteiger partial charge on any atom is 0.165 e. The van der Waals surface area contributed by atoms with Crippen LogP contribution in [0.3, 0.4) is 0 Å². The molecule has 14 heavy (non-hydrogen) atoms. The van der Waals surface area contributed by atoms with E-state index in [0.29, 0.717) is 10.3 Å². The molecule has 0 bridgehead atoms. The highest BCUT2D eigenvalue weighted by Crippen LogP contribution is 2.33. The maximum absolute atomic E-state index is 5.84. The van der Waals surface area contributed by atoms with Crippen LogP contribution in [0.4, 0.5) is 0 Å². The molecule has 0 aromatic carbocycles. The quantitative estimate of drug-likeness (QED) is 0.833. The van der Waals surface area contributed by atoms with E-state index in [1.807, 2.05) is 5.38 Å². The fourth-order valence-corrected chi connectivity index (χ4v) is 2.77. The number of thiazole rings is 1. The van der Waals surface area contributed by atoms with Crippen molar-refractivity contribution < 1.29 is 0 Å². The first-order valence-electron chi connectivity index (χ1n) is 3.52. The third-order valence-electron chi connectivity index (χ3n) is 1.29. The van der Waals surface area contributed by atoms with Crippen LogP contribution >= 0.6 is 46.3 Å². The number of halogens is 2. The predicted molar refractivity (Wildman–Crippen MR) is 58.3 cm³/mol. The summed E-state index contributed by atoms with van der Waals surface area (Å²) < 4.78 is 0.899. The Hall–Kier alpha value is -0.360. The fraction of sp³-hybridized carbons (Fsp3) is 0. The van der Waals surface area contributed by atoms with Gasteiger partial charge < -0.3 is 0 Å². The lowest BCUT2D eigenvalue weighted by molar-refractivity contribution is 0.997. The Bertz CT molecular complexity index is 433. The lowest BCUT2D eigenvalue weighted by atomic mass is 10.6. The van der Waals surface area contributed by atoms with E-state index in [4.69, 9.17) is 23.2 Å². The van der Waals surface area contributed by atoms with Crippen molar-refractivity contribution in [3.05, 3.63) is 27.9 Å². The molecule has 0 atom stereocenters. The molecular formula is C7H3Cl2N3S2. The molecule has 3 nitrogen and oxygen atoms in total. The molecule has 72 valence electrons. The summed E-state index contributed by atoms with van der Waals surface area (Å²) in [7, 11) is 0. The molecule has 2 aromatic rings. The summed E-state index contributed by atoms with van der Waals surface area (Å²) in [6, 6.07) is 1.67. The van der Waals surface area contributed by atoms with Gasteiger partial charge in [0.2, 0.25) is 0 Å². The van der Waals surface area contributed by atoms with E-state index in [9.17, 15) is 0 Å². The summed E-state index contributed by atoms with van der Waals surface area (Å²) in [6.07, 6.45) is 1.73. The van der Waals surface area contributed by atoms with Crippen LogP contribution in [0.1, 0.15) is 0 Å². The van der Waals surface area contributed by atoms with Gasteiger partial charge in [0, 0.05) is 11.6 Å². The summed E-state index contributed by atoms with van der Waals surface area (Å²) in [4.78, 5) is 4.88. The smallest absolute Gasteiger partial charge is 0.165 e. The van der Waals surface area contributed by atoms with Gasteiger partial charge >= 0.3 is 0 Å². The topological polar surface area (TPSA) is 38.7 Å². The van der Waals surface area contributed by atoms with E-state index >= 15 is 0 Å². The third-order valence-corrected chi connectivity index (χ3v) is 3.78. The molecule has 0 amide bonds. The molecule has 2 rings (SSSR count). The second-order valence-corrected chi connectivity index (χ2v) is 5.15. The zero-order valence-corrected chi connectivity index (χ0v) is 9.79. The molecule has 0 N–H and O–H groups in total. The highest BCUT2D eigenvalue weighted by atomic mass is 35.5. The molecule has 0 aliphatic carbocycles. The standard InChI is InChI=1S/C7H3Cl2N3S2/c8-5-3-4(6(9)12-11-5)14-7-10-1-2-13-7/h1-3H. The summed E-state index contributed by atoms with van der Waals surface area (Å²) in [5.41, 5.74) is 0. The van der Waals surface area contributed by atoms with Crippen LogP contribution in [0.5, 0.6) is 0 Å². The Morgan fingerprint density at radius 1 is 1.29 bits per heavy atom. The first-order chi connectivity index (χ1) is 6.75. The molecule has 2 aromatic heterocycles. The van der Waals surface area contributed by atoms with Crippen molar-refractivity contribution >= 4 is 46.3 Å². The van der Waals surface area contributed by atoms with Crippen LogP contribution in [0.2, 0.25) is 10.3 Å². The summed E-state index contributed by atoms with van der Waals surface area (Å²) in [6.45, 7) is 0. The van der Waals surface area contributed by atoms with Crippen molar-refractivity contribution in [2.75, 3.05) is 0 Å². The molecule has 0 spiro atoms. The summed E-state index contributed by atoms with van der Waals surface area (Å²) >= 11 is 14.5. The molecule has 2 heterocycles. The minimum absolute atomic E-state index is 0.327. The van der Waals surface area contributed by atoms with Crippen molar-refractivity contribution in [1.82, 2.24) is 15.2 Å². The summed E-state index contributed by atoms with van der Waals surface area (Å²) in [5.74, 6) is 0. The van der Waals surface area contributed by atoms with E-state index in [0.717, 1.165) is 9.24 Å². The Kier molecular flexibility index (Phi) is 3.22. The Labute approximate surface area is 98.5 Å². The fourth-order valence-electron chi connectivity index (χ4n) is 0.764. The zero-order chi connectivity index (χ0) is 9.97. The molecule has 0 aliphatic rings. The van der Waals surface area contributed by atoms with Gasteiger partial charge in [-0.05, 0) is 6.07 Å². The number of hydrogen-bond acceptors (Lipinski definition) is 5. The van der Waals surface area contributed by atoms with Crippen molar-refractivity contribution in [3.8, 4) is 0 Å². The minimum atomic E-state index is 0.327. The molecule has 0 saturated carbocycles. The largest absolute Gasteiger partial charge is 0.238 e. The van der Waals surface area contributed by atoms with E-state index in [-0.39, 0.29) is 0 Å². The van der Waals surface area contributed by atoms with Gasteiger partial charge in [-0.2, -0.15) is 0 Å². The molecular weight excluding hydrogens is 261 g/mol. The van der Waals surface area contributed by atoms with E-state index < -0.39 is 0 Å². The van der Waals surface area contributed by atoms with Crippen molar-refractivity contribution in [2.45, 2.75) is 9.24 Å². The third kappa shape index (κ3) is 2.36. The highest BCUT2D eigenvalue weighted by Gasteiger charge is 2.07. The molecule has 0 radical (unpaired) electrons. The number of rotatable bonds is 2. The SMILES string of the molecule is Clc1cc(Sc2nccs2)c(Cl)nn1. The van der Waals surface area contributed by atoms with Crippen molar-refractivity contribution in [1.29, 1.82) is 0 Å². The maximum atomic E-state index is 5.84. The normalized spacial score (nSPS) is 10.4. The van der Waals surface area contributed by atoms with Crippen LogP contribution < -0.4 is 0 Å². The lowest BCUT2D eigenvalue weighted by Gasteiger charge is -1.98. The molecule has 0 saturated heterocycles. The first kappa shape index (κ1) is 10.2. The zero-order valence-electron chi connectivity index (χ0n) is 6.65. The molecule has 0 fully saturated rings. The van der Waals surface area contributed by atoms with Crippen LogP contribution in [0.15, 0.2) is 26.9 Å². The average molecular weight is 264 g/mol. The lowest BCUT2D eigenvalue weighted by Crippen LogP contribution is -1.85. The van der Waals surface area contributed by atoms with Crippen LogP contribution in [0, 0.1) is 0 Å². The number of hydrogen-bond donors (Lipinski definition) is 0. The van der Waals surface area contributed by atoms with Gasteiger partial charge in [0.1, 0.15) is 0 Å². The second kappa shape index (κ2) is 4.44. The van der Waals surface area contributed by atoms with Gasteiger partial charge in [0.25, 0.3) is 0 Å². The average Bonchev–Trinajstić information content (AvgIpc) is 2.64. The van der Waals surface area contributed by atoms with Gasteiger partial charge in [0.15, 0.2) is 14.6 Å². The van der Waals surface area contributed by atoms with E-state index in [2.05, 4.69) is 15.2 Å². The van der Waals surface area contributed by atoms with Gasteiger partial charge in [-0.3, -0.25) is 0 Å². The molecule has 7 heteroatoms. The Balaban J connectivity index is 2.28. The van der Waals surface area contributed by atoms with Crippen LogP contribution in [0.25, 0.3) is 0 Å². The second-order valence-electron chi connectivity index (χ2n) is 2.22. The van der Waals surface area contributed by atoms with Gasteiger partial charge in [-0.1, -0.05) is 35.0 Å². The molecule has 0 aliphatic heterocycles. The van der Waals surface area contributed by atoms with Crippen molar-refractivity contribution in [2.24, 2.45) is 0 Å². The van der Waals surface area contributed by atoms with Crippen LogP contribution in [-0.4, -0.2) is 15.2 Å². The monoisotopic (exact) mass is 263 g/mol. The Morgan fingerprint density at radius 3 is 2.86 bits per heavy atom. The van der Waals surface area contributed by atoms with Gasteiger partial charge in [-0.25, -0.2) is 4.98 Å². The highest BCUT2D eigenvalue weighted by molar-refractivity contribution is 8.01. The number of nitrogens with zero attached hydrogens (tertiary/aromatic N) is 3. The van der Waals surface area contributed by atoms with Gasteiger partial charge in [0.05, 0.1) is 4.90 Å². The van der Waals surface area contributed by atoms with E-state index in [1.165, 1.54) is 23.1 Å². The predicted octanol–water partition coefficient (Wildman–Crippen LogP) is 3.39. The van der Waals surface area contributed by atoms with E-state index in [1.54, 1.807) is 12.3 Å². The molecule has 0 unspecified atom stereocenters. The van der Waals surface area contributed by atoms with Gasteiger partial charge in [-0.15, -0.1) is 21.5 Å². The number of aromatic nitrogens is 3. The Morgan fingerprint density at radius 2 is 2.14 bits per heavy atom.